The lowest BCUT2D eigenvalue weighted by Crippen LogP contribution is -2.39. The second-order valence-corrected chi connectivity index (χ2v) is 6.29. The van der Waals surface area contributed by atoms with Crippen LogP contribution < -0.4 is 10.6 Å². The molecule has 3 atom stereocenters. The minimum Gasteiger partial charge on any atom is -0.469 e. The Morgan fingerprint density at radius 2 is 2.10 bits per heavy atom. The SMILES string of the molecule is COC(=O)C(CNC(=O)OC(C)(C)C)C[C@H]1CCN[C@H]1O. The lowest BCUT2D eigenvalue weighted by molar-refractivity contribution is -0.146. The number of alkyl carbamates (subject to hydrolysis) is 1. The minimum absolute atomic E-state index is 0.0189. The zero-order valence-electron chi connectivity index (χ0n) is 13.1. The molecular formula is C14H26N2O5. The molecule has 0 aromatic carbocycles. The number of ether oxygens (including phenoxy) is 2. The van der Waals surface area contributed by atoms with Crippen molar-refractivity contribution >= 4 is 12.1 Å². The third kappa shape index (κ3) is 6.31. The van der Waals surface area contributed by atoms with Crippen molar-refractivity contribution in [3.8, 4) is 0 Å². The first-order chi connectivity index (χ1) is 9.73. The first-order valence-corrected chi connectivity index (χ1v) is 7.19. The first kappa shape index (κ1) is 17.7. The topological polar surface area (TPSA) is 96.9 Å². The van der Waals surface area contributed by atoms with Gasteiger partial charge in [0.05, 0.1) is 13.0 Å². The maximum absolute atomic E-state index is 11.8. The molecule has 0 bridgehead atoms. The van der Waals surface area contributed by atoms with E-state index in [0.717, 1.165) is 13.0 Å². The summed E-state index contributed by atoms with van der Waals surface area (Å²) >= 11 is 0. The molecule has 0 saturated carbocycles. The van der Waals surface area contributed by atoms with Crippen LogP contribution in [-0.2, 0) is 14.3 Å². The summed E-state index contributed by atoms with van der Waals surface area (Å²) in [7, 11) is 1.31. The van der Waals surface area contributed by atoms with Crippen molar-refractivity contribution in [3.63, 3.8) is 0 Å². The predicted octanol–water partition coefficient (Wildman–Crippen LogP) is 0.618. The molecule has 122 valence electrons. The summed E-state index contributed by atoms with van der Waals surface area (Å²) in [5.41, 5.74) is -0.587. The lowest BCUT2D eigenvalue weighted by Gasteiger charge is -2.23. The highest BCUT2D eigenvalue weighted by atomic mass is 16.6. The molecule has 1 aliphatic heterocycles. The number of nitrogens with one attached hydrogen (secondary N) is 2. The highest BCUT2D eigenvalue weighted by molar-refractivity contribution is 5.74. The first-order valence-electron chi connectivity index (χ1n) is 7.19. The van der Waals surface area contributed by atoms with E-state index in [2.05, 4.69) is 10.6 Å². The molecule has 0 spiro atoms. The number of hydrogen-bond acceptors (Lipinski definition) is 6. The number of carbonyl (C=O) groups is 2. The van der Waals surface area contributed by atoms with E-state index < -0.39 is 29.8 Å². The van der Waals surface area contributed by atoms with Gasteiger partial charge in [-0.15, -0.1) is 0 Å². The summed E-state index contributed by atoms with van der Waals surface area (Å²) in [5, 5.41) is 15.2. The van der Waals surface area contributed by atoms with Crippen LogP contribution in [0.2, 0.25) is 0 Å². The Labute approximate surface area is 125 Å². The third-order valence-corrected chi connectivity index (χ3v) is 3.33. The summed E-state index contributed by atoms with van der Waals surface area (Å²) in [6.07, 6.45) is 0.0674. The maximum Gasteiger partial charge on any atom is 0.407 e. The molecule has 1 aliphatic rings. The molecule has 7 heteroatoms. The van der Waals surface area contributed by atoms with Crippen LogP contribution >= 0.6 is 0 Å². The second kappa shape index (κ2) is 7.61. The Hall–Kier alpha value is -1.34. The molecular weight excluding hydrogens is 276 g/mol. The van der Waals surface area contributed by atoms with E-state index in [1.54, 1.807) is 20.8 Å². The Bertz CT molecular complexity index is 367. The number of aliphatic hydroxyl groups excluding tert-OH is 1. The molecule has 21 heavy (non-hydrogen) atoms. The van der Waals surface area contributed by atoms with Crippen LogP contribution in [0.3, 0.4) is 0 Å². The van der Waals surface area contributed by atoms with Gasteiger partial charge in [-0.05, 0) is 40.2 Å². The molecule has 1 amide bonds. The zero-order chi connectivity index (χ0) is 16.0. The summed E-state index contributed by atoms with van der Waals surface area (Å²) in [6.45, 7) is 6.16. The Morgan fingerprint density at radius 1 is 1.43 bits per heavy atom. The van der Waals surface area contributed by atoms with Crippen LogP contribution in [0.15, 0.2) is 0 Å². The molecule has 0 aromatic rings. The minimum atomic E-state index is -0.612. The Morgan fingerprint density at radius 3 is 2.57 bits per heavy atom. The van der Waals surface area contributed by atoms with Crippen molar-refractivity contribution in [2.45, 2.75) is 45.4 Å². The van der Waals surface area contributed by atoms with Crippen LogP contribution in [0.25, 0.3) is 0 Å². The molecule has 0 aliphatic carbocycles. The number of carbonyl (C=O) groups excluding carboxylic acids is 2. The van der Waals surface area contributed by atoms with Gasteiger partial charge >= 0.3 is 12.1 Å². The van der Waals surface area contributed by atoms with Gasteiger partial charge in [-0.25, -0.2) is 4.79 Å². The molecule has 3 N–H and O–H groups in total. The van der Waals surface area contributed by atoms with Crippen molar-refractivity contribution < 1.29 is 24.2 Å². The largest absolute Gasteiger partial charge is 0.469 e. The average Bonchev–Trinajstić information content (AvgIpc) is 2.77. The smallest absolute Gasteiger partial charge is 0.407 e. The van der Waals surface area contributed by atoms with Crippen LogP contribution in [0.4, 0.5) is 4.79 Å². The molecule has 1 rings (SSSR count). The van der Waals surface area contributed by atoms with E-state index in [1.807, 2.05) is 0 Å². The molecule has 1 heterocycles. The van der Waals surface area contributed by atoms with Crippen LogP contribution in [-0.4, -0.2) is 49.2 Å². The van der Waals surface area contributed by atoms with Crippen molar-refractivity contribution in [1.29, 1.82) is 0 Å². The van der Waals surface area contributed by atoms with Crippen LogP contribution in [0.1, 0.15) is 33.6 Å². The fourth-order valence-corrected chi connectivity index (χ4v) is 2.30. The molecule has 7 nitrogen and oxygen atoms in total. The van der Waals surface area contributed by atoms with Gasteiger partial charge in [0.1, 0.15) is 11.8 Å². The van der Waals surface area contributed by atoms with Crippen molar-refractivity contribution in [3.05, 3.63) is 0 Å². The molecule has 1 fully saturated rings. The van der Waals surface area contributed by atoms with Gasteiger partial charge in [0.25, 0.3) is 0 Å². The second-order valence-electron chi connectivity index (χ2n) is 6.29. The number of methoxy groups -OCH3 is 1. The number of hydrogen-bond donors (Lipinski definition) is 3. The fraction of sp³-hybridized carbons (Fsp3) is 0.857. The molecule has 1 saturated heterocycles. The van der Waals surface area contributed by atoms with Gasteiger partial charge in [0.2, 0.25) is 0 Å². The predicted molar refractivity (Wildman–Crippen MR) is 76.5 cm³/mol. The Kier molecular flexibility index (Phi) is 6.42. The third-order valence-electron chi connectivity index (χ3n) is 3.33. The van der Waals surface area contributed by atoms with Crippen molar-refractivity contribution in [2.75, 3.05) is 20.2 Å². The van der Waals surface area contributed by atoms with Crippen molar-refractivity contribution in [1.82, 2.24) is 10.6 Å². The molecule has 0 aromatic heterocycles. The standard InChI is InChI=1S/C14H26N2O5/c1-14(2,3)21-13(19)16-8-10(12(18)20-4)7-9-5-6-15-11(9)17/h9-11,15,17H,5-8H2,1-4H3,(H,16,19)/t9-,10?,11+/m1/s1. The van der Waals surface area contributed by atoms with E-state index in [4.69, 9.17) is 9.47 Å². The summed E-state index contributed by atoms with van der Waals surface area (Å²) in [5.74, 6) is -0.915. The number of rotatable bonds is 5. The normalized spacial score (nSPS) is 23.5. The fourth-order valence-electron chi connectivity index (χ4n) is 2.30. The number of amides is 1. The molecule has 1 unspecified atom stereocenters. The molecule has 0 radical (unpaired) electrons. The van der Waals surface area contributed by atoms with Gasteiger partial charge in [0, 0.05) is 12.5 Å². The quantitative estimate of drug-likeness (QED) is 0.644. The van der Waals surface area contributed by atoms with Crippen LogP contribution in [0, 0.1) is 11.8 Å². The Balaban J connectivity index is 2.50. The van der Waals surface area contributed by atoms with Gasteiger partial charge in [-0.2, -0.15) is 0 Å². The van der Waals surface area contributed by atoms with Crippen molar-refractivity contribution in [2.24, 2.45) is 11.8 Å². The maximum atomic E-state index is 11.8. The average molecular weight is 302 g/mol. The van der Waals surface area contributed by atoms with E-state index in [0.29, 0.717) is 6.42 Å². The number of aliphatic hydroxyl groups is 1. The lowest BCUT2D eigenvalue weighted by atomic mass is 9.92. The monoisotopic (exact) mass is 302 g/mol. The highest BCUT2D eigenvalue weighted by Crippen LogP contribution is 2.23. The van der Waals surface area contributed by atoms with Gasteiger partial charge in [-0.1, -0.05) is 0 Å². The van der Waals surface area contributed by atoms with Crippen LogP contribution in [0.5, 0.6) is 0 Å². The van der Waals surface area contributed by atoms with Gasteiger partial charge in [-0.3, -0.25) is 10.1 Å². The zero-order valence-corrected chi connectivity index (χ0v) is 13.1. The van der Waals surface area contributed by atoms with E-state index >= 15 is 0 Å². The summed E-state index contributed by atoms with van der Waals surface area (Å²) in [4.78, 5) is 23.4. The van der Waals surface area contributed by atoms with Gasteiger partial charge in [0.15, 0.2) is 0 Å². The highest BCUT2D eigenvalue weighted by Gasteiger charge is 2.31. The van der Waals surface area contributed by atoms with Gasteiger partial charge < -0.3 is 19.9 Å². The van der Waals surface area contributed by atoms with E-state index in [1.165, 1.54) is 7.11 Å². The van der Waals surface area contributed by atoms with E-state index in [-0.39, 0.29) is 12.5 Å². The summed E-state index contributed by atoms with van der Waals surface area (Å²) in [6, 6.07) is 0. The number of esters is 1. The summed E-state index contributed by atoms with van der Waals surface area (Å²) < 4.78 is 9.89. The van der Waals surface area contributed by atoms with E-state index in [9.17, 15) is 14.7 Å².